The number of carbonyl (C=O) groups is 2. The highest BCUT2D eigenvalue weighted by Crippen LogP contribution is 2.32. The molecule has 0 spiro atoms. The Kier molecular flexibility index (Phi) is 7.32. The predicted molar refractivity (Wildman–Crippen MR) is 102 cm³/mol. The number of benzene rings is 1. The number of nitro benzene ring substituents is 1. The van der Waals surface area contributed by atoms with Crippen molar-refractivity contribution in [3.8, 4) is 6.07 Å². The average molecular weight is 388 g/mol. The van der Waals surface area contributed by atoms with Gasteiger partial charge in [0.2, 0.25) is 0 Å². The fourth-order valence-corrected chi connectivity index (χ4v) is 3.14. The second-order valence-corrected chi connectivity index (χ2v) is 6.95. The van der Waals surface area contributed by atoms with Crippen LogP contribution >= 0.6 is 0 Å². The quantitative estimate of drug-likeness (QED) is 0.400. The van der Waals surface area contributed by atoms with Crippen LogP contribution in [0, 0.1) is 27.4 Å². The van der Waals surface area contributed by atoms with Gasteiger partial charge in [0.15, 0.2) is 6.61 Å². The molecule has 1 aromatic carbocycles. The van der Waals surface area contributed by atoms with Crippen molar-refractivity contribution in [1.29, 1.82) is 5.26 Å². The number of hydrogen-bond acceptors (Lipinski definition) is 7. The van der Waals surface area contributed by atoms with Gasteiger partial charge in [-0.3, -0.25) is 14.9 Å². The predicted octanol–water partition coefficient (Wildman–Crippen LogP) is 2.36. The lowest BCUT2D eigenvalue weighted by Gasteiger charge is -2.32. The van der Waals surface area contributed by atoms with E-state index < -0.39 is 23.4 Å². The first-order valence-corrected chi connectivity index (χ1v) is 9.15. The first kappa shape index (κ1) is 21.2. The summed E-state index contributed by atoms with van der Waals surface area (Å²) in [7, 11) is 1.51. The SMILES string of the molecule is C[C@H]1CCCN(c2ccc(C(=O)OCC(=O)N(C)CCC#N)cc2[N+](=O)[O-])C1. The molecule has 0 radical (unpaired) electrons. The molecule has 1 saturated heterocycles. The van der Waals surface area contributed by atoms with E-state index in [-0.39, 0.29) is 24.2 Å². The van der Waals surface area contributed by atoms with E-state index in [2.05, 4.69) is 6.92 Å². The molecule has 1 heterocycles. The summed E-state index contributed by atoms with van der Waals surface area (Å²) in [5.74, 6) is -0.803. The van der Waals surface area contributed by atoms with Gasteiger partial charge < -0.3 is 14.5 Å². The summed E-state index contributed by atoms with van der Waals surface area (Å²) in [4.78, 5) is 38.4. The van der Waals surface area contributed by atoms with Crippen molar-refractivity contribution < 1.29 is 19.2 Å². The number of likely N-dealkylation sites (N-methyl/N-ethyl adjacent to an activating group) is 1. The van der Waals surface area contributed by atoms with Gasteiger partial charge in [-0.2, -0.15) is 5.26 Å². The number of nitriles is 1. The van der Waals surface area contributed by atoms with Gasteiger partial charge in [-0.15, -0.1) is 0 Å². The van der Waals surface area contributed by atoms with Crippen LogP contribution in [0.5, 0.6) is 0 Å². The maximum atomic E-state index is 12.2. The fourth-order valence-electron chi connectivity index (χ4n) is 3.14. The van der Waals surface area contributed by atoms with Crippen molar-refractivity contribution in [2.45, 2.75) is 26.2 Å². The van der Waals surface area contributed by atoms with Gasteiger partial charge in [-0.25, -0.2) is 4.79 Å². The van der Waals surface area contributed by atoms with Gasteiger partial charge in [0.05, 0.1) is 23.0 Å². The Hall–Kier alpha value is -3.15. The maximum absolute atomic E-state index is 12.2. The third kappa shape index (κ3) is 5.42. The Balaban J connectivity index is 2.08. The molecule has 1 fully saturated rings. The fraction of sp³-hybridized carbons (Fsp3) is 0.526. The molecule has 1 aliphatic rings. The zero-order chi connectivity index (χ0) is 20.7. The number of carbonyl (C=O) groups excluding carboxylic acids is 2. The molecule has 0 bridgehead atoms. The second-order valence-electron chi connectivity index (χ2n) is 6.95. The number of hydrogen-bond donors (Lipinski definition) is 0. The Bertz CT molecular complexity index is 789. The molecule has 0 N–H and O–H groups in total. The smallest absolute Gasteiger partial charge is 0.338 e. The Morgan fingerprint density at radius 1 is 1.46 bits per heavy atom. The highest BCUT2D eigenvalue weighted by Gasteiger charge is 2.25. The molecule has 150 valence electrons. The summed E-state index contributed by atoms with van der Waals surface area (Å²) in [5.41, 5.74) is 0.356. The van der Waals surface area contributed by atoms with Crippen molar-refractivity contribution in [3.63, 3.8) is 0 Å². The van der Waals surface area contributed by atoms with Crippen LogP contribution in [-0.4, -0.2) is 55.0 Å². The van der Waals surface area contributed by atoms with E-state index in [1.54, 1.807) is 6.07 Å². The average Bonchev–Trinajstić information content (AvgIpc) is 2.69. The first-order valence-electron chi connectivity index (χ1n) is 9.15. The molecule has 1 atom stereocenters. The van der Waals surface area contributed by atoms with Crippen LogP contribution in [0.3, 0.4) is 0 Å². The molecule has 0 unspecified atom stereocenters. The summed E-state index contributed by atoms with van der Waals surface area (Å²) in [6.07, 6.45) is 2.23. The minimum absolute atomic E-state index is 0.0213. The third-order valence-corrected chi connectivity index (χ3v) is 4.72. The van der Waals surface area contributed by atoms with Gasteiger partial charge >= 0.3 is 5.97 Å². The molecule has 9 heteroatoms. The van der Waals surface area contributed by atoms with Crippen LogP contribution in [0.25, 0.3) is 0 Å². The van der Waals surface area contributed by atoms with Crippen molar-refractivity contribution in [1.82, 2.24) is 4.90 Å². The zero-order valence-electron chi connectivity index (χ0n) is 16.1. The maximum Gasteiger partial charge on any atom is 0.338 e. The van der Waals surface area contributed by atoms with E-state index in [9.17, 15) is 19.7 Å². The van der Waals surface area contributed by atoms with E-state index in [1.807, 2.05) is 11.0 Å². The van der Waals surface area contributed by atoms with Crippen LogP contribution in [0.15, 0.2) is 18.2 Å². The minimum Gasteiger partial charge on any atom is -0.452 e. The first-order chi connectivity index (χ1) is 13.3. The number of esters is 1. The molecular formula is C19H24N4O5. The third-order valence-electron chi connectivity index (χ3n) is 4.72. The highest BCUT2D eigenvalue weighted by atomic mass is 16.6. The Morgan fingerprint density at radius 2 is 2.21 bits per heavy atom. The minimum atomic E-state index is -0.802. The van der Waals surface area contributed by atoms with Gasteiger partial charge in [-0.05, 0) is 30.9 Å². The van der Waals surface area contributed by atoms with Crippen molar-refractivity contribution in [2.75, 3.05) is 38.2 Å². The lowest BCUT2D eigenvalue weighted by molar-refractivity contribution is -0.384. The van der Waals surface area contributed by atoms with Gasteiger partial charge in [0.25, 0.3) is 11.6 Å². The standard InChI is InChI=1S/C19H24N4O5/c1-14-5-3-10-22(12-14)16-7-6-15(11-17(16)23(26)27)19(25)28-13-18(24)21(2)9-4-8-20/h6-7,11,14H,3-5,9-10,12-13H2,1-2H3/t14-/m0/s1. The number of nitrogens with zero attached hydrogens (tertiary/aromatic N) is 4. The molecule has 28 heavy (non-hydrogen) atoms. The number of amides is 1. The zero-order valence-corrected chi connectivity index (χ0v) is 16.1. The summed E-state index contributed by atoms with van der Waals surface area (Å²) >= 11 is 0. The molecule has 1 aromatic rings. The summed E-state index contributed by atoms with van der Waals surface area (Å²) in [6.45, 7) is 3.32. The number of anilines is 1. The van der Waals surface area contributed by atoms with Crippen molar-refractivity contribution >= 4 is 23.3 Å². The van der Waals surface area contributed by atoms with E-state index in [4.69, 9.17) is 10.00 Å². The summed E-state index contributed by atoms with van der Waals surface area (Å²) in [5, 5.41) is 20.0. The van der Waals surface area contributed by atoms with Crippen molar-refractivity contribution in [2.24, 2.45) is 5.92 Å². The number of nitro groups is 1. The molecular weight excluding hydrogens is 364 g/mol. The Labute approximate surface area is 163 Å². The van der Waals surface area contributed by atoms with Crippen LogP contribution in [-0.2, 0) is 9.53 Å². The number of rotatable bonds is 7. The van der Waals surface area contributed by atoms with Gasteiger partial charge in [0, 0.05) is 32.7 Å². The number of piperidine rings is 1. The second kappa shape index (κ2) is 9.69. The molecule has 1 aliphatic heterocycles. The molecule has 0 aromatic heterocycles. The Morgan fingerprint density at radius 3 is 2.86 bits per heavy atom. The largest absolute Gasteiger partial charge is 0.452 e. The van der Waals surface area contributed by atoms with Gasteiger partial charge in [-0.1, -0.05) is 6.92 Å². The van der Waals surface area contributed by atoms with Crippen molar-refractivity contribution in [3.05, 3.63) is 33.9 Å². The highest BCUT2D eigenvalue weighted by molar-refractivity contribution is 5.93. The number of ether oxygens (including phenoxy) is 1. The summed E-state index contributed by atoms with van der Waals surface area (Å²) in [6, 6.07) is 6.16. The van der Waals surface area contributed by atoms with Crippen LogP contribution in [0.2, 0.25) is 0 Å². The van der Waals surface area contributed by atoms with E-state index in [0.29, 0.717) is 11.6 Å². The molecule has 2 rings (SSSR count). The van der Waals surface area contributed by atoms with Crippen LogP contribution in [0.4, 0.5) is 11.4 Å². The molecule has 1 amide bonds. The van der Waals surface area contributed by atoms with Crippen LogP contribution in [0.1, 0.15) is 36.5 Å². The lowest BCUT2D eigenvalue weighted by atomic mass is 9.99. The van der Waals surface area contributed by atoms with E-state index in [1.165, 1.54) is 24.1 Å². The molecule has 0 aliphatic carbocycles. The van der Waals surface area contributed by atoms with E-state index in [0.717, 1.165) is 25.9 Å². The monoisotopic (exact) mass is 388 g/mol. The summed E-state index contributed by atoms with van der Waals surface area (Å²) < 4.78 is 4.98. The topological polar surface area (TPSA) is 117 Å². The molecule has 9 nitrogen and oxygen atoms in total. The van der Waals surface area contributed by atoms with Gasteiger partial charge in [0.1, 0.15) is 5.69 Å². The normalized spacial score (nSPS) is 16.2. The lowest BCUT2D eigenvalue weighted by Crippen LogP contribution is -2.34. The van der Waals surface area contributed by atoms with Crippen LogP contribution < -0.4 is 4.90 Å². The molecule has 0 saturated carbocycles. The van der Waals surface area contributed by atoms with E-state index >= 15 is 0 Å².